The molecule has 0 aliphatic heterocycles. The van der Waals surface area contributed by atoms with Crippen LogP contribution in [0.5, 0.6) is 0 Å². The van der Waals surface area contributed by atoms with E-state index in [0.29, 0.717) is 0 Å². The molecule has 0 saturated heterocycles. The van der Waals surface area contributed by atoms with E-state index in [1.54, 1.807) is 27.7 Å². The monoisotopic (exact) mass is 252 g/mol. The van der Waals surface area contributed by atoms with E-state index in [0.717, 1.165) is 0 Å². The lowest BCUT2D eigenvalue weighted by Crippen LogP contribution is -2.20. The molecule has 0 rings (SSSR count). The largest absolute Gasteiger partial charge is 0.481 e. The molecule has 0 aromatic carbocycles. The number of rotatable bonds is 4. The van der Waals surface area contributed by atoms with Crippen LogP contribution in [-0.2, 0) is 9.59 Å². The quantitative estimate of drug-likeness (QED) is 0.592. The number of carboxylic acids is 2. The molecule has 0 aliphatic rings. The van der Waals surface area contributed by atoms with E-state index < -0.39 is 11.9 Å². The fourth-order valence-corrected chi connectivity index (χ4v) is 0.0500. The summed E-state index contributed by atoms with van der Waals surface area (Å²) in [7, 11) is 0. The Kier molecular flexibility index (Phi) is 16.1. The summed E-state index contributed by atoms with van der Waals surface area (Å²) in [5.74, 6) is -1.49. The molecule has 0 radical (unpaired) electrons. The van der Waals surface area contributed by atoms with Gasteiger partial charge in [-0.05, 0) is 0 Å². The van der Waals surface area contributed by atoms with Crippen molar-refractivity contribution in [2.75, 3.05) is 13.2 Å². The first-order valence-electron chi connectivity index (χ1n) is 5.32. The Balaban J connectivity index is -0.000000177. The molecule has 0 bridgehead atoms. The van der Waals surface area contributed by atoms with E-state index in [1.165, 1.54) is 0 Å². The lowest BCUT2D eigenvalue weighted by Gasteiger charge is -2.16. The topological polar surface area (TPSA) is 115 Å². The van der Waals surface area contributed by atoms with Crippen LogP contribution < -0.4 is 0 Å². The first-order valence-corrected chi connectivity index (χ1v) is 5.32. The molecule has 0 heterocycles. The van der Waals surface area contributed by atoms with Gasteiger partial charge < -0.3 is 20.4 Å². The fourth-order valence-electron chi connectivity index (χ4n) is 0.0500. The maximum absolute atomic E-state index is 9.37. The number of hydrogen-bond acceptors (Lipinski definition) is 4. The number of aliphatic carboxylic acids is 2. The van der Waals surface area contributed by atoms with Crippen LogP contribution in [0.1, 0.15) is 40.5 Å². The van der Waals surface area contributed by atoms with Gasteiger partial charge in [-0.15, -0.1) is 0 Å². The zero-order valence-electron chi connectivity index (χ0n) is 10.9. The zero-order valence-corrected chi connectivity index (χ0v) is 10.9. The molecular formula is C11H24O6. The summed E-state index contributed by atoms with van der Waals surface area (Å²) in [6.45, 7) is 6.89. The van der Waals surface area contributed by atoms with Crippen LogP contribution >= 0.6 is 0 Å². The minimum atomic E-state index is -0.745. The van der Waals surface area contributed by atoms with Gasteiger partial charge in [0.15, 0.2) is 0 Å². The predicted molar refractivity (Wildman–Crippen MR) is 63.8 cm³/mol. The third-order valence-corrected chi connectivity index (χ3v) is 1.46. The Morgan fingerprint density at radius 3 is 1.06 bits per heavy atom. The van der Waals surface area contributed by atoms with Gasteiger partial charge in [-0.3, -0.25) is 9.59 Å². The van der Waals surface area contributed by atoms with Crippen molar-refractivity contribution in [3.05, 3.63) is 0 Å². The highest BCUT2D eigenvalue weighted by Gasteiger charge is 2.13. The molecule has 0 amide bonds. The average molecular weight is 252 g/mol. The third kappa shape index (κ3) is 31.3. The fraction of sp³-hybridized carbons (Fsp3) is 0.818. The standard InChI is InChI=1S/C5H12O2.2C3H6O2/c1-5(2,3-6)4-7;2*1-2-3(4)5/h6-7H,3-4H2,1-2H3;2*2H2,1H3,(H,4,5). The first kappa shape index (κ1) is 21.2. The van der Waals surface area contributed by atoms with Gasteiger partial charge in [-0.2, -0.15) is 0 Å². The van der Waals surface area contributed by atoms with Gasteiger partial charge in [-0.1, -0.05) is 27.7 Å². The van der Waals surface area contributed by atoms with Crippen molar-refractivity contribution < 1.29 is 30.0 Å². The van der Waals surface area contributed by atoms with Gasteiger partial charge in [-0.25, -0.2) is 0 Å². The highest BCUT2D eigenvalue weighted by Crippen LogP contribution is 2.10. The van der Waals surface area contributed by atoms with E-state index in [4.69, 9.17) is 20.4 Å². The van der Waals surface area contributed by atoms with Crippen molar-refractivity contribution in [2.24, 2.45) is 5.41 Å². The molecule has 104 valence electrons. The third-order valence-electron chi connectivity index (χ3n) is 1.46. The molecule has 0 saturated carbocycles. The van der Waals surface area contributed by atoms with Gasteiger partial charge in [0.1, 0.15) is 0 Å². The highest BCUT2D eigenvalue weighted by atomic mass is 16.4. The van der Waals surface area contributed by atoms with Crippen molar-refractivity contribution in [1.29, 1.82) is 0 Å². The van der Waals surface area contributed by atoms with Crippen molar-refractivity contribution in [1.82, 2.24) is 0 Å². The summed E-state index contributed by atoms with van der Waals surface area (Å²) in [5, 5.41) is 32.3. The Morgan fingerprint density at radius 1 is 0.882 bits per heavy atom. The lowest BCUT2D eigenvalue weighted by molar-refractivity contribution is -0.137. The second-order valence-electron chi connectivity index (χ2n) is 3.98. The summed E-state index contributed by atoms with van der Waals surface area (Å²) in [4.78, 5) is 18.7. The molecule has 0 atom stereocenters. The lowest BCUT2D eigenvalue weighted by atomic mass is 9.97. The molecule has 17 heavy (non-hydrogen) atoms. The molecule has 0 aromatic rings. The highest BCUT2D eigenvalue weighted by molar-refractivity contribution is 5.66. The summed E-state index contributed by atoms with van der Waals surface area (Å²) < 4.78 is 0. The second-order valence-corrected chi connectivity index (χ2v) is 3.98. The van der Waals surface area contributed by atoms with Crippen LogP contribution in [0.15, 0.2) is 0 Å². The minimum absolute atomic E-state index is 0.0451. The van der Waals surface area contributed by atoms with Crippen LogP contribution in [0.25, 0.3) is 0 Å². The van der Waals surface area contributed by atoms with E-state index in [2.05, 4.69) is 0 Å². The Hall–Kier alpha value is -1.14. The number of carboxylic acid groups (broad SMARTS) is 2. The van der Waals surface area contributed by atoms with Gasteiger partial charge in [0, 0.05) is 18.3 Å². The van der Waals surface area contributed by atoms with Crippen LogP contribution in [0.3, 0.4) is 0 Å². The predicted octanol–water partition coefficient (Wildman–Crippen LogP) is 0.959. The number of aliphatic hydroxyl groups is 2. The number of carbonyl (C=O) groups is 2. The molecular weight excluding hydrogens is 228 g/mol. The summed E-state index contributed by atoms with van der Waals surface area (Å²) in [5.41, 5.74) is -0.306. The van der Waals surface area contributed by atoms with E-state index >= 15 is 0 Å². The summed E-state index contributed by atoms with van der Waals surface area (Å²) in [6.07, 6.45) is 0.444. The molecule has 6 nitrogen and oxygen atoms in total. The average Bonchev–Trinajstić information content (AvgIpc) is 2.30. The number of hydrogen-bond donors (Lipinski definition) is 4. The Labute approximate surface area is 102 Å². The number of aliphatic hydroxyl groups excluding tert-OH is 2. The molecule has 0 fully saturated rings. The van der Waals surface area contributed by atoms with Crippen molar-refractivity contribution >= 4 is 11.9 Å². The van der Waals surface area contributed by atoms with E-state index in [-0.39, 0.29) is 31.5 Å². The van der Waals surface area contributed by atoms with Gasteiger partial charge in [0.25, 0.3) is 0 Å². The smallest absolute Gasteiger partial charge is 0.303 e. The molecule has 4 N–H and O–H groups in total. The molecule has 0 aromatic heterocycles. The Bertz CT molecular complexity index is 180. The van der Waals surface area contributed by atoms with Crippen LogP contribution in [0.2, 0.25) is 0 Å². The first-order chi connectivity index (χ1) is 7.66. The van der Waals surface area contributed by atoms with Crippen molar-refractivity contribution in [3.63, 3.8) is 0 Å². The van der Waals surface area contributed by atoms with Crippen LogP contribution in [-0.4, -0.2) is 45.6 Å². The Morgan fingerprint density at radius 2 is 1.06 bits per heavy atom. The van der Waals surface area contributed by atoms with E-state index in [9.17, 15) is 9.59 Å². The van der Waals surface area contributed by atoms with Crippen molar-refractivity contribution in [2.45, 2.75) is 40.5 Å². The maximum Gasteiger partial charge on any atom is 0.303 e. The van der Waals surface area contributed by atoms with Crippen LogP contribution in [0, 0.1) is 5.41 Å². The SMILES string of the molecule is CC(C)(CO)CO.CCC(=O)O.CCC(=O)O. The minimum Gasteiger partial charge on any atom is -0.481 e. The van der Waals surface area contributed by atoms with Gasteiger partial charge in [0.05, 0.1) is 13.2 Å². The molecule has 0 unspecified atom stereocenters. The summed E-state index contributed by atoms with van der Waals surface area (Å²) >= 11 is 0. The zero-order chi connectivity index (χ0) is 14.5. The van der Waals surface area contributed by atoms with E-state index in [1.807, 2.05) is 0 Å². The summed E-state index contributed by atoms with van der Waals surface area (Å²) in [6, 6.07) is 0. The van der Waals surface area contributed by atoms with Gasteiger partial charge >= 0.3 is 11.9 Å². The second kappa shape index (κ2) is 12.9. The maximum atomic E-state index is 9.37. The molecule has 6 heteroatoms. The molecule has 0 spiro atoms. The van der Waals surface area contributed by atoms with Crippen LogP contribution in [0.4, 0.5) is 0 Å². The van der Waals surface area contributed by atoms with Gasteiger partial charge in [0.2, 0.25) is 0 Å². The van der Waals surface area contributed by atoms with Crippen molar-refractivity contribution in [3.8, 4) is 0 Å². The molecule has 0 aliphatic carbocycles. The normalized spacial score (nSPS) is 9.29.